The van der Waals surface area contributed by atoms with Crippen molar-refractivity contribution in [3.63, 3.8) is 0 Å². The Bertz CT molecular complexity index is 510. The summed E-state index contributed by atoms with van der Waals surface area (Å²) in [6.07, 6.45) is 0. The number of halogens is 1. The van der Waals surface area contributed by atoms with Gasteiger partial charge in [-0.3, -0.25) is 0 Å². The van der Waals surface area contributed by atoms with Gasteiger partial charge in [0.15, 0.2) is 0 Å². The monoisotopic (exact) mass is 300 g/mol. The van der Waals surface area contributed by atoms with E-state index in [0.29, 0.717) is 11.3 Å². The molecule has 0 radical (unpaired) electrons. The van der Waals surface area contributed by atoms with Crippen LogP contribution in [-0.2, 0) is 0 Å². The first kappa shape index (κ1) is 8.78. The quantitative estimate of drug-likeness (QED) is 0.600. The molecule has 4 heteroatoms. The molecule has 1 aromatic carbocycles. The number of hydrogen-bond donors (Lipinski definition) is 1. The maximum atomic E-state index is 8.83. The van der Waals surface area contributed by atoms with Crippen LogP contribution in [-0.4, -0.2) is 0 Å². The zero-order chi connectivity index (χ0) is 9.42. The van der Waals surface area contributed by atoms with Gasteiger partial charge in [0.1, 0.15) is 6.07 Å². The predicted octanol–water partition coefficient (Wildman–Crippen LogP) is 2.96. The number of nitrogen functional groups attached to an aromatic ring is 1. The Kier molecular flexibility index (Phi) is 2.14. The zero-order valence-corrected chi connectivity index (χ0v) is 9.52. The molecule has 0 aliphatic rings. The third-order valence-electron chi connectivity index (χ3n) is 1.83. The molecule has 0 fully saturated rings. The van der Waals surface area contributed by atoms with E-state index in [0.717, 1.165) is 13.7 Å². The molecule has 2 rings (SSSR count). The minimum Gasteiger partial charge on any atom is -0.398 e. The van der Waals surface area contributed by atoms with E-state index in [9.17, 15) is 0 Å². The first-order valence-electron chi connectivity index (χ1n) is 3.59. The Morgan fingerprint density at radius 3 is 3.00 bits per heavy atom. The van der Waals surface area contributed by atoms with Crippen molar-refractivity contribution in [3.05, 3.63) is 26.6 Å². The van der Waals surface area contributed by atoms with Gasteiger partial charge in [-0.2, -0.15) is 5.26 Å². The molecule has 0 unspecified atom stereocenters. The number of fused-ring (bicyclic) bond motifs is 1. The van der Waals surface area contributed by atoms with Gasteiger partial charge in [0, 0.05) is 14.6 Å². The van der Waals surface area contributed by atoms with Gasteiger partial charge < -0.3 is 5.73 Å². The molecule has 2 N–H and O–H groups in total. The molecule has 1 heterocycles. The topological polar surface area (TPSA) is 49.8 Å². The maximum absolute atomic E-state index is 8.83. The largest absolute Gasteiger partial charge is 0.398 e. The van der Waals surface area contributed by atoms with Crippen molar-refractivity contribution < 1.29 is 0 Å². The zero-order valence-electron chi connectivity index (χ0n) is 6.54. The Morgan fingerprint density at radius 2 is 2.31 bits per heavy atom. The highest BCUT2D eigenvalue weighted by Crippen LogP contribution is 2.32. The third kappa shape index (κ3) is 1.28. The smallest absolute Gasteiger partial charge is 0.100 e. The van der Waals surface area contributed by atoms with Crippen LogP contribution in [0, 0.1) is 14.9 Å². The molecule has 64 valence electrons. The molecular formula is C9H5IN2S. The average molecular weight is 300 g/mol. The molecule has 0 saturated heterocycles. The second kappa shape index (κ2) is 3.16. The van der Waals surface area contributed by atoms with Crippen molar-refractivity contribution in [3.8, 4) is 6.07 Å². The molecule has 2 nitrogen and oxygen atoms in total. The van der Waals surface area contributed by atoms with Gasteiger partial charge in [0.05, 0.1) is 10.3 Å². The van der Waals surface area contributed by atoms with Crippen LogP contribution in [0.5, 0.6) is 0 Å². The lowest BCUT2D eigenvalue weighted by molar-refractivity contribution is 1.49. The van der Waals surface area contributed by atoms with Gasteiger partial charge >= 0.3 is 0 Å². The number of rotatable bonds is 0. The summed E-state index contributed by atoms with van der Waals surface area (Å²) < 4.78 is 2.11. The van der Waals surface area contributed by atoms with Crippen molar-refractivity contribution in [1.29, 1.82) is 5.26 Å². The summed E-state index contributed by atoms with van der Waals surface area (Å²) >= 11 is 3.80. The molecule has 0 atom stereocenters. The molecule has 0 bridgehead atoms. The minimum absolute atomic E-state index is 0.660. The van der Waals surface area contributed by atoms with Crippen molar-refractivity contribution in [2.24, 2.45) is 0 Å². The number of nitriles is 1. The second-order valence-corrected chi connectivity index (χ2v) is 4.60. The first-order chi connectivity index (χ1) is 6.24. The van der Waals surface area contributed by atoms with Crippen LogP contribution in [0.25, 0.3) is 10.1 Å². The van der Waals surface area contributed by atoms with E-state index in [1.807, 2.05) is 11.4 Å². The lowest BCUT2D eigenvalue weighted by Crippen LogP contribution is -1.89. The van der Waals surface area contributed by atoms with Gasteiger partial charge in [0.2, 0.25) is 0 Å². The van der Waals surface area contributed by atoms with Crippen molar-refractivity contribution in [1.82, 2.24) is 0 Å². The minimum atomic E-state index is 0.660. The van der Waals surface area contributed by atoms with Gasteiger partial charge in [-0.25, -0.2) is 0 Å². The summed E-state index contributed by atoms with van der Waals surface area (Å²) in [7, 11) is 0. The van der Waals surface area contributed by atoms with E-state index < -0.39 is 0 Å². The summed E-state index contributed by atoms with van der Waals surface area (Å²) in [5, 5.41) is 11.9. The number of anilines is 1. The summed E-state index contributed by atoms with van der Waals surface area (Å²) in [6, 6.07) is 5.85. The third-order valence-corrected chi connectivity index (χ3v) is 4.25. The molecule has 0 aliphatic heterocycles. The van der Waals surface area contributed by atoms with Crippen LogP contribution in [0.15, 0.2) is 17.5 Å². The Morgan fingerprint density at radius 1 is 1.54 bits per heavy atom. The Hall–Kier alpha value is -0.800. The lowest BCUT2D eigenvalue weighted by Gasteiger charge is -2.00. The predicted molar refractivity (Wildman–Crippen MR) is 63.7 cm³/mol. The van der Waals surface area contributed by atoms with E-state index in [2.05, 4.69) is 28.7 Å². The van der Waals surface area contributed by atoms with Crippen LogP contribution >= 0.6 is 33.9 Å². The highest BCUT2D eigenvalue weighted by atomic mass is 127. The summed E-state index contributed by atoms with van der Waals surface area (Å²) in [5.74, 6) is 0. The van der Waals surface area contributed by atoms with E-state index in [4.69, 9.17) is 11.0 Å². The summed E-state index contributed by atoms with van der Waals surface area (Å²) in [4.78, 5) is 0. The highest BCUT2D eigenvalue weighted by molar-refractivity contribution is 14.1. The number of nitrogens with zero attached hydrogens (tertiary/aromatic N) is 1. The SMILES string of the molecule is N#Cc1cc(N)c2ccsc2c1I. The van der Waals surface area contributed by atoms with E-state index in [1.165, 1.54) is 0 Å². The normalized spacial score (nSPS) is 10.2. The van der Waals surface area contributed by atoms with Gasteiger partial charge in [-0.05, 0) is 40.1 Å². The van der Waals surface area contributed by atoms with Gasteiger partial charge in [-0.1, -0.05) is 0 Å². The molecule has 0 amide bonds. The first-order valence-corrected chi connectivity index (χ1v) is 5.55. The van der Waals surface area contributed by atoms with Crippen LogP contribution in [0.2, 0.25) is 0 Å². The molecule has 0 saturated carbocycles. The Balaban J connectivity index is 2.95. The van der Waals surface area contributed by atoms with Crippen molar-refractivity contribution in [2.45, 2.75) is 0 Å². The van der Waals surface area contributed by atoms with E-state index in [-0.39, 0.29) is 0 Å². The molecule has 1 aromatic heterocycles. The number of thiophene rings is 1. The standard InChI is InChI=1S/C9H5IN2S/c10-8-5(4-11)3-7(12)6-1-2-13-9(6)8/h1-3H,12H2. The van der Waals surface area contributed by atoms with E-state index in [1.54, 1.807) is 17.4 Å². The van der Waals surface area contributed by atoms with Crippen LogP contribution in [0.3, 0.4) is 0 Å². The second-order valence-electron chi connectivity index (χ2n) is 2.60. The molecule has 0 aliphatic carbocycles. The van der Waals surface area contributed by atoms with Crippen LogP contribution < -0.4 is 5.73 Å². The number of hydrogen-bond acceptors (Lipinski definition) is 3. The maximum Gasteiger partial charge on any atom is 0.100 e. The van der Waals surface area contributed by atoms with Gasteiger partial charge in [-0.15, -0.1) is 11.3 Å². The summed E-state index contributed by atoms with van der Waals surface area (Å²) in [6.45, 7) is 0. The Labute approximate surface area is 93.1 Å². The van der Waals surface area contributed by atoms with Crippen molar-refractivity contribution >= 4 is 49.7 Å². The lowest BCUT2D eigenvalue weighted by atomic mass is 10.1. The summed E-state index contributed by atoms with van der Waals surface area (Å²) in [5.41, 5.74) is 7.15. The molecule has 2 aromatic rings. The van der Waals surface area contributed by atoms with Crippen LogP contribution in [0.1, 0.15) is 5.56 Å². The van der Waals surface area contributed by atoms with E-state index >= 15 is 0 Å². The highest BCUT2D eigenvalue weighted by Gasteiger charge is 2.08. The van der Waals surface area contributed by atoms with Gasteiger partial charge in [0.25, 0.3) is 0 Å². The number of benzene rings is 1. The average Bonchev–Trinajstić information content (AvgIpc) is 2.60. The van der Waals surface area contributed by atoms with Crippen LogP contribution in [0.4, 0.5) is 5.69 Å². The number of nitrogens with two attached hydrogens (primary N) is 1. The fraction of sp³-hybridized carbons (Fsp3) is 0. The molecular weight excluding hydrogens is 295 g/mol. The fourth-order valence-corrected chi connectivity index (χ4v) is 3.02. The fourth-order valence-electron chi connectivity index (χ4n) is 1.21. The molecule has 13 heavy (non-hydrogen) atoms. The molecule has 0 spiro atoms. The van der Waals surface area contributed by atoms with Crippen molar-refractivity contribution in [2.75, 3.05) is 5.73 Å².